The van der Waals surface area contributed by atoms with Crippen LogP contribution in [0.25, 0.3) is 0 Å². The molecule has 0 unspecified atom stereocenters. The first-order valence-electron chi connectivity index (χ1n) is 5.49. The zero-order chi connectivity index (χ0) is 13.0. The van der Waals surface area contributed by atoms with Crippen molar-refractivity contribution in [1.29, 1.82) is 5.26 Å². The van der Waals surface area contributed by atoms with Gasteiger partial charge in [0, 0.05) is 0 Å². The normalized spacial score (nSPS) is 9.11. The Morgan fingerprint density at radius 1 is 1.21 bits per heavy atom. The minimum Gasteiger partial charge on any atom is -0.456 e. The van der Waals surface area contributed by atoms with E-state index in [9.17, 15) is 0 Å². The summed E-state index contributed by atoms with van der Waals surface area (Å²) in [5, 5.41) is 8.98. The van der Waals surface area contributed by atoms with Crippen LogP contribution in [0.5, 0.6) is 11.5 Å². The Kier molecular flexibility index (Phi) is 5.19. The summed E-state index contributed by atoms with van der Waals surface area (Å²) >= 11 is 0. The molecule has 0 atom stereocenters. The number of hydrogen-bond acceptors (Lipinski definition) is 4. The lowest BCUT2D eigenvalue weighted by Crippen LogP contribution is -2.07. The number of nitrogen functional groups attached to an aromatic ring is 1. The largest absolute Gasteiger partial charge is 0.456 e. The summed E-state index contributed by atoms with van der Waals surface area (Å²) in [4.78, 5) is 0. The van der Waals surface area contributed by atoms with Crippen LogP contribution in [0.15, 0.2) is 42.5 Å². The maximum Gasteiger partial charge on any atom is 0.145 e. The van der Waals surface area contributed by atoms with Crippen LogP contribution < -0.4 is 16.0 Å². The van der Waals surface area contributed by atoms with Crippen LogP contribution in [0.1, 0.15) is 11.1 Å². The van der Waals surface area contributed by atoms with Gasteiger partial charge >= 0.3 is 0 Å². The summed E-state index contributed by atoms with van der Waals surface area (Å²) in [5.41, 5.74) is 4.93. The second-order valence-electron chi connectivity index (χ2n) is 3.83. The van der Waals surface area contributed by atoms with Crippen molar-refractivity contribution in [3.8, 4) is 17.6 Å². The van der Waals surface area contributed by atoms with Gasteiger partial charge in [0.05, 0.1) is 11.3 Å². The van der Waals surface area contributed by atoms with Gasteiger partial charge in [-0.3, -0.25) is 5.84 Å². The molecule has 2 rings (SSSR count). The average Bonchev–Trinajstić information content (AvgIpc) is 2.39. The fraction of sp³-hybridized carbons (Fsp3) is 0.0714. The number of benzene rings is 2. The molecule has 4 nitrogen and oxygen atoms in total. The summed E-state index contributed by atoms with van der Waals surface area (Å²) in [6.07, 6.45) is 0. The first-order valence-corrected chi connectivity index (χ1v) is 5.49. The second-order valence-corrected chi connectivity index (χ2v) is 3.83. The van der Waals surface area contributed by atoms with Gasteiger partial charge in [-0.15, -0.1) is 12.4 Å². The molecule has 2 aromatic carbocycles. The standard InChI is InChI=1S/C14H13N3O.ClH/c1-10-8-12(6-7-13(10)17-16)18-14-5-3-2-4-11(14)9-15;/h2-8,17H,16H2,1H3;1H. The van der Waals surface area contributed by atoms with E-state index in [4.69, 9.17) is 15.8 Å². The highest BCUT2D eigenvalue weighted by atomic mass is 35.5. The lowest BCUT2D eigenvalue weighted by atomic mass is 10.2. The maximum absolute atomic E-state index is 8.98. The SMILES string of the molecule is Cc1cc(Oc2ccccc2C#N)ccc1NN.Cl. The molecule has 0 fully saturated rings. The first-order chi connectivity index (χ1) is 8.74. The number of hydrogen-bond donors (Lipinski definition) is 2. The Labute approximate surface area is 118 Å². The van der Waals surface area contributed by atoms with Gasteiger partial charge in [-0.25, -0.2) is 0 Å². The van der Waals surface area contributed by atoms with Crippen LogP contribution in [0.3, 0.4) is 0 Å². The van der Waals surface area contributed by atoms with Crippen molar-refractivity contribution in [2.45, 2.75) is 6.92 Å². The quantitative estimate of drug-likeness (QED) is 0.665. The molecular formula is C14H14ClN3O. The minimum absolute atomic E-state index is 0. The lowest BCUT2D eigenvalue weighted by Gasteiger charge is -2.10. The van der Waals surface area contributed by atoms with E-state index in [1.165, 1.54) is 0 Å². The van der Waals surface area contributed by atoms with Crippen molar-refractivity contribution in [2.24, 2.45) is 5.84 Å². The van der Waals surface area contributed by atoms with E-state index in [0.29, 0.717) is 17.1 Å². The Hall–Kier alpha value is -2.22. The van der Waals surface area contributed by atoms with Crippen LogP contribution in [0.2, 0.25) is 0 Å². The molecule has 3 N–H and O–H groups in total. The third kappa shape index (κ3) is 3.38. The molecule has 0 radical (unpaired) electrons. The minimum atomic E-state index is 0. The number of halogens is 1. The average molecular weight is 276 g/mol. The summed E-state index contributed by atoms with van der Waals surface area (Å²) in [5.74, 6) is 6.59. The molecule has 0 saturated heterocycles. The molecule has 0 aromatic heterocycles. The van der Waals surface area contributed by atoms with E-state index in [2.05, 4.69) is 11.5 Å². The van der Waals surface area contributed by atoms with Gasteiger partial charge in [0.15, 0.2) is 0 Å². The fourth-order valence-corrected chi connectivity index (χ4v) is 1.64. The number of nitriles is 1. The summed E-state index contributed by atoms with van der Waals surface area (Å²) in [6, 6.07) is 14.7. The number of para-hydroxylation sites is 1. The number of ether oxygens (including phenoxy) is 1. The van der Waals surface area contributed by atoms with E-state index < -0.39 is 0 Å². The van der Waals surface area contributed by atoms with Crippen molar-refractivity contribution >= 4 is 18.1 Å². The van der Waals surface area contributed by atoms with Crippen molar-refractivity contribution in [1.82, 2.24) is 0 Å². The van der Waals surface area contributed by atoms with Crippen molar-refractivity contribution in [3.05, 3.63) is 53.6 Å². The number of hydrazine groups is 1. The van der Waals surface area contributed by atoms with Gasteiger partial charge in [0.2, 0.25) is 0 Å². The van der Waals surface area contributed by atoms with Crippen molar-refractivity contribution in [2.75, 3.05) is 5.43 Å². The van der Waals surface area contributed by atoms with Gasteiger partial charge < -0.3 is 10.2 Å². The second kappa shape index (κ2) is 6.64. The van der Waals surface area contributed by atoms with Crippen molar-refractivity contribution in [3.63, 3.8) is 0 Å². The first kappa shape index (κ1) is 14.8. The molecule has 0 bridgehead atoms. The topological polar surface area (TPSA) is 71.1 Å². The molecule has 98 valence electrons. The molecule has 0 saturated carbocycles. The smallest absolute Gasteiger partial charge is 0.145 e. The van der Waals surface area contributed by atoms with Crippen LogP contribution >= 0.6 is 12.4 Å². The van der Waals surface area contributed by atoms with Gasteiger partial charge in [-0.05, 0) is 42.8 Å². The Morgan fingerprint density at radius 3 is 2.58 bits per heavy atom. The highest BCUT2D eigenvalue weighted by Gasteiger charge is 2.05. The zero-order valence-corrected chi connectivity index (χ0v) is 11.2. The van der Waals surface area contributed by atoms with Crippen LogP contribution in [-0.4, -0.2) is 0 Å². The lowest BCUT2D eigenvalue weighted by molar-refractivity contribution is 0.481. The van der Waals surface area contributed by atoms with Gasteiger partial charge in [0.1, 0.15) is 17.6 Å². The summed E-state index contributed by atoms with van der Waals surface area (Å²) in [6.45, 7) is 1.93. The molecule has 0 aliphatic rings. The Bertz CT molecular complexity index is 608. The number of nitrogens with two attached hydrogens (primary N) is 1. The Morgan fingerprint density at radius 2 is 1.95 bits per heavy atom. The number of aryl methyl sites for hydroxylation is 1. The zero-order valence-electron chi connectivity index (χ0n) is 10.4. The molecule has 0 aliphatic heterocycles. The Balaban J connectivity index is 0.00000180. The van der Waals surface area contributed by atoms with E-state index in [1.54, 1.807) is 24.3 Å². The van der Waals surface area contributed by atoms with E-state index >= 15 is 0 Å². The molecule has 2 aromatic rings. The molecule has 0 amide bonds. The molecule has 5 heteroatoms. The summed E-state index contributed by atoms with van der Waals surface area (Å²) in [7, 11) is 0. The van der Waals surface area contributed by atoms with E-state index in [0.717, 1.165) is 11.3 Å². The third-order valence-electron chi connectivity index (χ3n) is 2.59. The number of rotatable bonds is 3. The fourth-order valence-electron chi connectivity index (χ4n) is 1.64. The number of nitrogens with one attached hydrogen (secondary N) is 1. The number of nitrogens with zero attached hydrogens (tertiary/aromatic N) is 1. The monoisotopic (exact) mass is 275 g/mol. The molecule has 0 aliphatic carbocycles. The highest BCUT2D eigenvalue weighted by molar-refractivity contribution is 5.85. The van der Waals surface area contributed by atoms with E-state index in [-0.39, 0.29) is 12.4 Å². The maximum atomic E-state index is 8.98. The highest BCUT2D eigenvalue weighted by Crippen LogP contribution is 2.27. The number of anilines is 1. The van der Waals surface area contributed by atoms with Gasteiger partial charge in [-0.2, -0.15) is 5.26 Å². The van der Waals surface area contributed by atoms with Crippen LogP contribution in [0, 0.1) is 18.3 Å². The van der Waals surface area contributed by atoms with Crippen LogP contribution in [-0.2, 0) is 0 Å². The molecule has 0 spiro atoms. The molecule has 19 heavy (non-hydrogen) atoms. The predicted octanol–water partition coefficient (Wildman–Crippen LogP) is 3.37. The predicted molar refractivity (Wildman–Crippen MR) is 77.5 cm³/mol. The van der Waals surface area contributed by atoms with Crippen LogP contribution in [0.4, 0.5) is 5.69 Å². The van der Waals surface area contributed by atoms with Gasteiger partial charge in [-0.1, -0.05) is 12.1 Å². The molecular weight excluding hydrogens is 262 g/mol. The molecule has 0 heterocycles. The third-order valence-corrected chi connectivity index (χ3v) is 2.59. The van der Waals surface area contributed by atoms with Gasteiger partial charge in [0.25, 0.3) is 0 Å². The van der Waals surface area contributed by atoms with Crippen molar-refractivity contribution < 1.29 is 4.74 Å². The van der Waals surface area contributed by atoms with E-state index in [1.807, 2.05) is 25.1 Å². The summed E-state index contributed by atoms with van der Waals surface area (Å²) < 4.78 is 5.69.